The van der Waals surface area contributed by atoms with Gasteiger partial charge in [-0.15, -0.1) is 0 Å². The maximum atomic E-state index is 5.90. The zero-order valence-electron chi connectivity index (χ0n) is 18.0. The summed E-state index contributed by atoms with van der Waals surface area (Å²) in [6.45, 7) is 4.78. The van der Waals surface area contributed by atoms with E-state index < -0.39 is 0 Å². The molecule has 0 fully saturated rings. The van der Waals surface area contributed by atoms with Crippen LogP contribution in [-0.4, -0.2) is 34.4 Å². The maximum Gasteiger partial charge on any atom is 0.119 e. The van der Waals surface area contributed by atoms with Gasteiger partial charge in [0.1, 0.15) is 18.7 Å². The number of imidazole rings is 1. The predicted molar refractivity (Wildman–Crippen MR) is 125 cm³/mol. The summed E-state index contributed by atoms with van der Waals surface area (Å²) in [5.41, 5.74) is 5.31. The molecule has 0 bridgehead atoms. The fourth-order valence-corrected chi connectivity index (χ4v) is 4.22. The average molecular weight is 412 g/mol. The number of pyridine rings is 1. The molecule has 1 unspecified atom stereocenters. The highest BCUT2D eigenvalue weighted by atomic mass is 16.5. The number of aromatic nitrogens is 3. The molecular formula is C26H25N3O2. The normalized spacial score (nSPS) is 12.6. The number of ether oxygens (including phenoxy) is 2. The summed E-state index contributed by atoms with van der Waals surface area (Å²) < 4.78 is 13.4. The number of nitrogens with zero attached hydrogens (tertiary/aromatic N) is 3. The van der Waals surface area contributed by atoms with Gasteiger partial charge < -0.3 is 9.47 Å². The average Bonchev–Trinajstić information content (AvgIpc) is 3.26. The highest BCUT2D eigenvalue weighted by molar-refractivity contribution is 6.23. The van der Waals surface area contributed by atoms with Crippen LogP contribution in [0.1, 0.15) is 18.9 Å². The minimum Gasteiger partial charge on any atom is -0.491 e. The molecule has 31 heavy (non-hydrogen) atoms. The van der Waals surface area contributed by atoms with Crippen LogP contribution in [0.25, 0.3) is 38.4 Å². The summed E-state index contributed by atoms with van der Waals surface area (Å²) in [5, 5.41) is 3.41. The van der Waals surface area contributed by atoms with Crippen LogP contribution in [0.15, 0.2) is 67.1 Å². The molecule has 1 atom stereocenters. The zero-order chi connectivity index (χ0) is 21.4. The van der Waals surface area contributed by atoms with E-state index >= 15 is 0 Å². The van der Waals surface area contributed by atoms with Crippen molar-refractivity contribution in [2.24, 2.45) is 0 Å². The van der Waals surface area contributed by atoms with Gasteiger partial charge in [0.2, 0.25) is 0 Å². The van der Waals surface area contributed by atoms with Crippen molar-refractivity contribution >= 4 is 32.7 Å². The third kappa shape index (κ3) is 3.31. The van der Waals surface area contributed by atoms with Gasteiger partial charge in [0.25, 0.3) is 0 Å². The van der Waals surface area contributed by atoms with Crippen LogP contribution in [-0.2, 0) is 4.74 Å². The Morgan fingerprint density at radius 3 is 2.52 bits per heavy atom. The van der Waals surface area contributed by atoms with Crippen LogP contribution in [0.2, 0.25) is 0 Å². The number of aryl methyl sites for hydroxylation is 1. The molecule has 0 saturated carbocycles. The number of methoxy groups -OCH3 is 1. The molecule has 0 aliphatic carbocycles. The molecule has 0 aliphatic rings. The minimum absolute atomic E-state index is 0.105. The topological polar surface area (TPSA) is 49.2 Å². The second-order valence-electron chi connectivity index (χ2n) is 7.78. The van der Waals surface area contributed by atoms with Crippen molar-refractivity contribution < 1.29 is 9.47 Å². The number of fused-ring (bicyclic) bond motifs is 6. The summed E-state index contributed by atoms with van der Waals surface area (Å²) in [4.78, 5) is 9.47. The Balaban J connectivity index is 1.63. The quantitative estimate of drug-likeness (QED) is 0.329. The molecule has 0 saturated heterocycles. The Kier molecular flexibility index (Phi) is 5.04. The van der Waals surface area contributed by atoms with Crippen molar-refractivity contribution in [1.82, 2.24) is 14.5 Å². The van der Waals surface area contributed by atoms with E-state index in [-0.39, 0.29) is 6.10 Å². The van der Waals surface area contributed by atoms with Gasteiger partial charge in [0, 0.05) is 35.2 Å². The van der Waals surface area contributed by atoms with Gasteiger partial charge in [0.05, 0.1) is 22.7 Å². The molecule has 156 valence electrons. The van der Waals surface area contributed by atoms with Crippen molar-refractivity contribution in [2.75, 3.05) is 13.7 Å². The number of hydrogen-bond acceptors (Lipinski definition) is 4. The molecule has 5 aromatic rings. The Morgan fingerprint density at radius 2 is 1.74 bits per heavy atom. The van der Waals surface area contributed by atoms with Crippen LogP contribution in [0.5, 0.6) is 5.75 Å². The zero-order valence-corrected chi connectivity index (χ0v) is 18.0. The van der Waals surface area contributed by atoms with Gasteiger partial charge in [-0.25, -0.2) is 4.98 Å². The van der Waals surface area contributed by atoms with E-state index in [1.807, 2.05) is 30.7 Å². The van der Waals surface area contributed by atoms with Crippen molar-refractivity contribution in [3.8, 4) is 11.4 Å². The largest absolute Gasteiger partial charge is 0.491 e. The molecule has 0 radical (unpaired) electrons. The number of hydrogen-bond donors (Lipinski definition) is 0. The number of rotatable bonds is 6. The summed E-state index contributed by atoms with van der Waals surface area (Å²) in [5.74, 6) is 0.832. The van der Waals surface area contributed by atoms with Gasteiger partial charge in [-0.2, -0.15) is 0 Å². The third-order valence-corrected chi connectivity index (χ3v) is 5.93. The Morgan fingerprint density at radius 1 is 0.935 bits per heavy atom. The van der Waals surface area contributed by atoms with Crippen molar-refractivity contribution in [1.29, 1.82) is 0 Å². The lowest BCUT2D eigenvalue weighted by atomic mass is 10.00. The van der Waals surface area contributed by atoms with Gasteiger partial charge in [-0.05, 0) is 55.3 Å². The molecule has 0 N–H and O–H groups in total. The molecule has 5 nitrogen and oxygen atoms in total. The van der Waals surface area contributed by atoms with E-state index in [4.69, 9.17) is 14.5 Å². The molecule has 3 aromatic carbocycles. The van der Waals surface area contributed by atoms with Crippen molar-refractivity contribution in [3.05, 3.63) is 72.7 Å². The Labute approximate surface area is 181 Å². The Hall–Kier alpha value is -3.44. The van der Waals surface area contributed by atoms with Crippen molar-refractivity contribution in [2.45, 2.75) is 26.4 Å². The van der Waals surface area contributed by atoms with E-state index in [1.165, 1.54) is 10.9 Å². The molecule has 2 heterocycles. The lowest BCUT2D eigenvalue weighted by Crippen LogP contribution is -2.18. The fourth-order valence-electron chi connectivity index (χ4n) is 4.22. The minimum atomic E-state index is 0.105. The Bertz CT molecular complexity index is 1370. The highest BCUT2D eigenvalue weighted by Gasteiger charge is 2.16. The maximum absolute atomic E-state index is 5.90. The fraction of sp³-hybridized carbons (Fsp3) is 0.231. The van der Waals surface area contributed by atoms with Crippen LogP contribution in [0.3, 0.4) is 0 Å². The van der Waals surface area contributed by atoms with E-state index in [0.717, 1.165) is 45.2 Å². The van der Waals surface area contributed by atoms with Crippen LogP contribution < -0.4 is 4.74 Å². The summed E-state index contributed by atoms with van der Waals surface area (Å²) in [6.07, 6.45) is 4.77. The first-order valence-corrected chi connectivity index (χ1v) is 10.6. The van der Waals surface area contributed by atoms with E-state index in [9.17, 15) is 0 Å². The highest BCUT2D eigenvalue weighted by Crippen LogP contribution is 2.36. The monoisotopic (exact) mass is 411 g/mol. The van der Waals surface area contributed by atoms with Crippen LogP contribution >= 0.6 is 0 Å². The van der Waals surface area contributed by atoms with Gasteiger partial charge >= 0.3 is 0 Å². The molecule has 5 heteroatoms. The number of benzene rings is 3. The van der Waals surface area contributed by atoms with E-state index in [2.05, 4.69) is 59.8 Å². The van der Waals surface area contributed by atoms with Gasteiger partial charge in [0.15, 0.2) is 0 Å². The molecule has 0 amide bonds. The first-order chi connectivity index (χ1) is 15.2. The predicted octanol–water partition coefficient (Wildman–Crippen LogP) is 5.84. The first-order valence-electron chi connectivity index (χ1n) is 10.6. The second-order valence-corrected chi connectivity index (χ2v) is 7.78. The SMILES string of the molecule is CCC(COc1ccc(-n2cnc3c4cccnc4c4c(C)cccc4c32)cc1)OC. The molecular weight excluding hydrogens is 386 g/mol. The molecule has 0 aliphatic heterocycles. The third-order valence-electron chi connectivity index (χ3n) is 5.93. The van der Waals surface area contributed by atoms with Crippen LogP contribution in [0.4, 0.5) is 0 Å². The molecule has 0 spiro atoms. The summed E-state index contributed by atoms with van der Waals surface area (Å²) >= 11 is 0. The lowest BCUT2D eigenvalue weighted by Gasteiger charge is -2.15. The lowest BCUT2D eigenvalue weighted by molar-refractivity contribution is 0.0556. The summed E-state index contributed by atoms with van der Waals surface area (Å²) in [6, 6.07) is 18.6. The summed E-state index contributed by atoms with van der Waals surface area (Å²) in [7, 11) is 1.72. The standard InChI is InChI=1S/C26H25N3O2/c1-4-19(30-3)15-31-20-12-10-18(11-13-20)29-16-28-25-22-9-6-14-27-24(22)23-17(2)7-5-8-21(23)26(25)29/h5-14,16,19H,4,15H2,1-3H3. The first kappa shape index (κ1) is 19.5. The second kappa shape index (κ2) is 8.00. The molecule has 2 aromatic heterocycles. The van der Waals surface area contributed by atoms with Gasteiger partial charge in [-0.1, -0.05) is 25.1 Å². The molecule has 5 rings (SSSR count). The van der Waals surface area contributed by atoms with Crippen LogP contribution in [0, 0.1) is 6.92 Å². The van der Waals surface area contributed by atoms with Crippen molar-refractivity contribution in [3.63, 3.8) is 0 Å². The van der Waals surface area contributed by atoms with Gasteiger partial charge in [-0.3, -0.25) is 9.55 Å². The van der Waals surface area contributed by atoms with E-state index in [0.29, 0.717) is 6.61 Å². The van der Waals surface area contributed by atoms with E-state index in [1.54, 1.807) is 7.11 Å². The smallest absolute Gasteiger partial charge is 0.119 e.